The molecule has 1 aromatic rings. The Morgan fingerprint density at radius 2 is 1.83 bits per heavy atom. The van der Waals surface area contributed by atoms with Crippen molar-refractivity contribution in [2.45, 2.75) is 13.8 Å². The van der Waals surface area contributed by atoms with E-state index >= 15 is 0 Å². The van der Waals surface area contributed by atoms with Crippen LogP contribution in [-0.2, 0) is 9.84 Å². The van der Waals surface area contributed by atoms with Crippen LogP contribution in [0.5, 0.6) is 5.75 Å². The summed E-state index contributed by atoms with van der Waals surface area (Å²) in [6.45, 7) is 9.30. The predicted octanol–water partition coefficient (Wildman–Crippen LogP) is 1.89. The predicted molar refractivity (Wildman–Crippen MR) is 95.1 cm³/mol. The third-order valence-corrected chi connectivity index (χ3v) is 5.21. The number of rotatable bonds is 7. The molecule has 0 amide bonds. The Balaban J connectivity index is 1.89. The van der Waals surface area contributed by atoms with Gasteiger partial charge in [-0.1, -0.05) is 19.1 Å². The zero-order valence-electron chi connectivity index (χ0n) is 14.4. The summed E-state index contributed by atoms with van der Waals surface area (Å²) in [5.74, 6) is 1.38. The lowest BCUT2D eigenvalue weighted by molar-refractivity contribution is 0.231. The molecule has 0 unspecified atom stereocenters. The van der Waals surface area contributed by atoms with E-state index in [9.17, 15) is 8.42 Å². The van der Waals surface area contributed by atoms with Gasteiger partial charge in [0.2, 0.25) is 0 Å². The van der Waals surface area contributed by atoms with Gasteiger partial charge in [0.25, 0.3) is 0 Å². The second-order valence-electron chi connectivity index (χ2n) is 6.39. The van der Waals surface area contributed by atoms with Crippen LogP contribution < -0.4 is 9.64 Å². The summed E-state index contributed by atoms with van der Waals surface area (Å²) < 4.78 is 28.5. The van der Waals surface area contributed by atoms with E-state index in [4.69, 9.17) is 4.74 Å². The maximum atomic E-state index is 11.4. The van der Waals surface area contributed by atoms with Crippen molar-refractivity contribution in [3.8, 4) is 5.75 Å². The van der Waals surface area contributed by atoms with Crippen molar-refractivity contribution in [3.63, 3.8) is 0 Å². The van der Waals surface area contributed by atoms with Crippen LogP contribution >= 0.6 is 0 Å². The maximum Gasteiger partial charge on any atom is 0.147 e. The van der Waals surface area contributed by atoms with Gasteiger partial charge in [0.1, 0.15) is 15.6 Å². The lowest BCUT2D eigenvalue weighted by Crippen LogP contribution is -2.48. The minimum atomic E-state index is -2.89. The number of sulfone groups is 1. The first-order chi connectivity index (χ1) is 10.9. The molecule has 0 radical (unpaired) electrons. The smallest absolute Gasteiger partial charge is 0.147 e. The highest BCUT2D eigenvalue weighted by atomic mass is 32.2. The topological polar surface area (TPSA) is 49.9 Å². The lowest BCUT2D eigenvalue weighted by atomic mass is 10.1. The van der Waals surface area contributed by atoms with Crippen molar-refractivity contribution in [3.05, 3.63) is 24.3 Å². The molecule has 6 heteroatoms. The molecule has 2 rings (SSSR count). The highest BCUT2D eigenvalue weighted by Gasteiger charge is 2.21. The average Bonchev–Trinajstić information content (AvgIpc) is 2.47. The first kappa shape index (κ1) is 18.1. The molecule has 1 fully saturated rings. The van der Waals surface area contributed by atoms with Gasteiger partial charge in [-0.2, -0.15) is 0 Å². The number of ether oxygens (including phenoxy) is 1. The number of benzene rings is 1. The minimum Gasteiger partial charge on any atom is -0.492 e. The third-order valence-electron chi connectivity index (χ3n) is 4.04. The van der Waals surface area contributed by atoms with E-state index in [0.717, 1.165) is 44.2 Å². The molecule has 1 aromatic carbocycles. The number of hydrogen-bond donors (Lipinski definition) is 0. The Kier molecular flexibility index (Phi) is 6.30. The van der Waals surface area contributed by atoms with Crippen LogP contribution in [0.1, 0.15) is 13.8 Å². The van der Waals surface area contributed by atoms with Crippen LogP contribution in [0.25, 0.3) is 0 Å². The summed E-state index contributed by atoms with van der Waals surface area (Å²) in [6.07, 6.45) is 1.31. The monoisotopic (exact) mass is 340 g/mol. The second kappa shape index (κ2) is 8.02. The zero-order valence-corrected chi connectivity index (χ0v) is 15.2. The highest BCUT2D eigenvalue weighted by Crippen LogP contribution is 2.28. The van der Waals surface area contributed by atoms with Gasteiger partial charge in [0, 0.05) is 39.0 Å². The molecule has 1 heterocycles. The number of para-hydroxylation sites is 2. The maximum absolute atomic E-state index is 11.4. The molecule has 1 atom stereocenters. The van der Waals surface area contributed by atoms with Gasteiger partial charge >= 0.3 is 0 Å². The van der Waals surface area contributed by atoms with Crippen molar-refractivity contribution in [1.82, 2.24) is 4.90 Å². The SMILES string of the molecule is CCOc1ccccc1N1CCN(C[C@H](C)CS(C)(=O)=O)CC1. The zero-order chi connectivity index (χ0) is 16.9. The van der Waals surface area contributed by atoms with E-state index in [0.29, 0.717) is 6.61 Å². The molecular formula is C17H28N2O3S. The molecule has 5 nitrogen and oxygen atoms in total. The van der Waals surface area contributed by atoms with E-state index in [-0.39, 0.29) is 11.7 Å². The van der Waals surface area contributed by atoms with Gasteiger partial charge in [-0.05, 0) is 25.0 Å². The van der Waals surface area contributed by atoms with E-state index in [1.807, 2.05) is 32.0 Å². The molecular weight excluding hydrogens is 312 g/mol. The van der Waals surface area contributed by atoms with Crippen molar-refractivity contribution in [2.24, 2.45) is 5.92 Å². The Hall–Kier alpha value is -1.27. The summed E-state index contributed by atoms with van der Waals surface area (Å²) in [4.78, 5) is 4.71. The molecule has 0 N–H and O–H groups in total. The molecule has 0 saturated carbocycles. The fourth-order valence-electron chi connectivity index (χ4n) is 3.18. The van der Waals surface area contributed by atoms with Gasteiger partial charge in [-0.25, -0.2) is 8.42 Å². The fraction of sp³-hybridized carbons (Fsp3) is 0.647. The number of nitrogens with zero attached hydrogens (tertiary/aromatic N) is 2. The average molecular weight is 340 g/mol. The molecule has 1 saturated heterocycles. The highest BCUT2D eigenvalue weighted by molar-refractivity contribution is 7.90. The minimum absolute atomic E-state index is 0.173. The lowest BCUT2D eigenvalue weighted by Gasteiger charge is -2.37. The molecule has 0 aliphatic carbocycles. The van der Waals surface area contributed by atoms with Crippen LogP contribution in [0.2, 0.25) is 0 Å². The van der Waals surface area contributed by atoms with E-state index in [1.54, 1.807) is 0 Å². The van der Waals surface area contributed by atoms with Crippen molar-refractivity contribution >= 4 is 15.5 Å². The van der Waals surface area contributed by atoms with Gasteiger partial charge < -0.3 is 9.64 Å². The Labute approximate surface area is 140 Å². The summed E-state index contributed by atoms with van der Waals surface area (Å²) >= 11 is 0. The first-order valence-electron chi connectivity index (χ1n) is 8.26. The molecule has 23 heavy (non-hydrogen) atoms. The van der Waals surface area contributed by atoms with Crippen LogP contribution in [0.3, 0.4) is 0 Å². The number of piperazine rings is 1. The summed E-state index contributed by atoms with van der Waals surface area (Å²) in [5.41, 5.74) is 1.15. The first-order valence-corrected chi connectivity index (χ1v) is 10.3. The van der Waals surface area contributed by atoms with Crippen molar-refractivity contribution < 1.29 is 13.2 Å². The molecule has 1 aliphatic rings. The third kappa shape index (κ3) is 5.70. The molecule has 0 aromatic heterocycles. The second-order valence-corrected chi connectivity index (χ2v) is 8.57. The van der Waals surface area contributed by atoms with Gasteiger partial charge in [-0.3, -0.25) is 4.90 Å². The fourth-order valence-corrected chi connectivity index (χ4v) is 4.32. The number of hydrogen-bond acceptors (Lipinski definition) is 5. The Bertz CT molecular complexity index is 596. The quantitative estimate of drug-likeness (QED) is 0.759. The molecule has 1 aliphatic heterocycles. The summed E-state index contributed by atoms with van der Waals surface area (Å²) in [5, 5.41) is 0. The van der Waals surface area contributed by atoms with Crippen LogP contribution in [0.4, 0.5) is 5.69 Å². The van der Waals surface area contributed by atoms with Gasteiger partial charge in [-0.15, -0.1) is 0 Å². The van der Waals surface area contributed by atoms with Gasteiger partial charge in [0.15, 0.2) is 0 Å². The molecule has 0 bridgehead atoms. The Morgan fingerprint density at radius 1 is 1.17 bits per heavy atom. The Morgan fingerprint density at radius 3 is 2.43 bits per heavy atom. The van der Waals surface area contributed by atoms with E-state index < -0.39 is 9.84 Å². The van der Waals surface area contributed by atoms with Crippen LogP contribution in [0.15, 0.2) is 24.3 Å². The largest absolute Gasteiger partial charge is 0.492 e. The number of anilines is 1. The molecule has 0 spiro atoms. The van der Waals surface area contributed by atoms with Crippen molar-refractivity contribution in [2.75, 3.05) is 56.2 Å². The standard InChI is InChI=1S/C17H28N2O3S/c1-4-22-17-8-6-5-7-16(17)19-11-9-18(10-12-19)13-15(2)14-23(3,20)21/h5-8,15H,4,9-14H2,1-3H3/t15-/m0/s1. The van der Waals surface area contributed by atoms with Crippen LogP contribution in [-0.4, -0.2) is 64.7 Å². The normalized spacial score (nSPS) is 18.0. The van der Waals surface area contributed by atoms with E-state index in [1.165, 1.54) is 6.26 Å². The summed E-state index contributed by atoms with van der Waals surface area (Å²) in [6, 6.07) is 8.16. The summed E-state index contributed by atoms with van der Waals surface area (Å²) in [7, 11) is -2.89. The van der Waals surface area contributed by atoms with Crippen molar-refractivity contribution in [1.29, 1.82) is 0 Å². The van der Waals surface area contributed by atoms with E-state index in [2.05, 4.69) is 15.9 Å². The van der Waals surface area contributed by atoms with Crippen LogP contribution in [0, 0.1) is 5.92 Å². The molecule has 130 valence electrons. The van der Waals surface area contributed by atoms with Gasteiger partial charge in [0.05, 0.1) is 18.0 Å².